The Labute approximate surface area is 87.4 Å². The quantitative estimate of drug-likeness (QED) is 0.883. The van der Waals surface area contributed by atoms with Gasteiger partial charge in [-0.1, -0.05) is 0 Å². The Balaban J connectivity index is 3.04. The smallest absolute Gasteiger partial charge is 0.403 e. The summed E-state index contributed by atoms with van der Waals surface area (Å²) in [6.45, 7) is 0. The number of rotatable bonds is 3. The molecule has 0 unspecified atom stereocenters. The van der Waals surface area contributed by atoms with Crippen molar-refractivity contribution in [1.82, 2.24) is 0 Å². The summed E-state index contributed by atoms with van der Waals surface area (Å²) in [5.41, 5.74) is 0. The number of alkyl halides is 3. The summed E-state index contributed by atoms with van der Waals surface area (Å²) in [6, 6.07) is 1.44. The van der Waals surface area contributed by atoms with Crippen molar-refractivity contribution in [3.8, 4) is 0 Å². The zero-order valence-electron chi connectivity index (χ0n) is 7.48. The van der Waals surface area contributed by atoms with E-state index in [1.807, 2.05) is 0 Å². The maximum atomic E-state index is 11.9. The van der Waals surface area contributed by atoms with Gasteiger partial charge in [0.15, 0.2) is 5.75 Å². The van der Waals surface area contributed by atoms with Crippen LogP contribution in [-0.2, 0) is 9.84 Å². The van der Waals surface area contributed by atoms with Crippen LogP contribution in [0.4, 0.5) is 13.2 Å². The molecule has 1 heterocycles. The van der Waals surface area contributed by atoms with Crippen LogP contribution in [0.5, 0.6) is 0 Å². The number of carbonyl (C=O) groups is 1. The highest BCUT2D eigenvalue weighted by Crippen LogP contribution is 2.23. The van der Waals surface area contributed by atoms with Crippen LogP contribution in [-0.4, -0.2) is 31.4 Å². The van der Waals surface area contributed by atoms with E-state index in [1.165, 1.54) is 0 Å². The van der Waals surface area contributed by atoms with E-state index in [2.05, 4.69) is 4.42 Å². The first kappa shape index (κ1) is 12.6. The van der Waals surface area contributed by atoms with Crippen LogP contribution in [0.15, 0.2) is 21.6 Å². The van der Waals surface area contributed by atoms with Gasteiger partial charge in [0.05, 0.1) is 0 Å². The van der Waals surface area contributed by atoms with Gasteiger partial charge in [-0.3, -0.25) is 0 Å². The fourth-order valence-electron chi connectivity index (χ4n) is 0.889. The molecule has 1 aromatic rings. The Morgan fingerprint density at radius 3 is 2.31 bits per heavy atom. The molecule has 0 amide bonds. The van der Waals surface area contributed by atoms with Crippen molar-refractivity contribution >= 4 is 15.8 Å². The van der Waals surface area contributed by atoms with Gasteiger partial charge in [0.1, 0.15) is 0 Å². The number of furan rings is 1. The van der Waals surface area contributed by atoms with Gasteiger partial charge in [0, 0.05) is 0 Å². The topological polar surface area (TPSA) is 84.6 Å². The molecule has 16 heavy (non-hydrogen) atoms. The van der Waals surface area contributed by atoms with Gasteiger partial charge in [-0.2, -0.15) is 13.2 Å². The van der Waals surface area contributed by atoms with Crippen molar-refractivity contribution in [2.24, 2.45) is 0 Å². The zero-order valence-corrected chi connectivity index (χ0v) is 8.30. The van der Waals surface area contributed by atoms with Crippen molar-refractivity contribution < 1.29 is 35.9 Å². The summed E-state index contributed by atoms with van der Waals surface area (Å²) in [5.74, 6) is -4.39. The van der Waals surface area contributed by atoms with E-state index in [4.69, 9.17) is 5.11 Å². The largest absolute Gasteiger partial charge is 0.475 e. The van der Waals surface area contributed by atoms with Crippen LogP contribution >= 0.6 is 0 Å². The van der Waals surface area contributed by atoms with Gasteiger partial charge >= 0.3 is 12.1 Å². The maximum absolute atomic E-state index is 11.9. The van der Waals surface area contributed by atoms with E-state index in [0.717, 1.165) is 6.07 Å². The summed E-state index contributed by atoms with van der Waals surface area (Å²) in [7, 11) is -4.69. The third kappa shape index (κ3) is 2.99. The summed E-state index contributed by atoms with van der Waals surface area (Å²) in [5, 5.41) is 7.37. The molecule has 5 nitrogen and oxygen atoms in total. The Morgan fingerprint density at radius 1 is 1.38 bits per heavy atom. The fourth-order valence-corrected chi connectivity index (χ4v) is 1.95. The van der Waals surface area contributed by atoms with Crippen LogP contribution < -0.4 is 0 Å². The van der Waals surface area contributed by atoms with Crippen LogP contribution in [0.2, 0.25) is 0 Å². The molecule has 0 bridgehead atoms. The first-order chi connectivity index (χ1) is 7.12. The highest BCUT2D eigenvalue weighted by molar-refractivity contribution is 7.91. The van der Waals surface area contributed by atoms with Crippen molar-refractivity contribution in [3.05, 3.63) is 17.9 Å². The molecule has 1 rings (SSSR count). The first-order valence-electron chi connectivity index (χ1n) is 3.74. The molecule has 0 radical (unpaired) electrons. The highest BCUT2D eigenvalue weighted by Gasteiger charge is 2.37. The minimum Gasteiger partial charge on any atom is -0.475 e. The van der Waals surface area contributed by atoms with Gasteiger partial charge < -0.3 is 9.52 Å². The molecule has 0 saturated heterocycles. The second-order valence-corrected chi connectivity index (χ2v) is 4.72. The maximum Gasteiger partial charge on any atom is 0.403 e. The van der Waals surface area contributed by atoms with Gasteiger partial charge in [-0.15, -0.1) is 0 Å². The number of halogens is 3. The molecule has 0 fully saturated rings. The van der Waals surface area contributed by atoms with E-state index in [-0.39, 0.29) is 0 Å². The van der Waals surface area contributed by atoms with Crippen LogP contribution in [0, 0.1) is 0 Å². The molecule has 1 aromatic heterocycles. The lowest BCUT2D eigenvalue weighted by Crippen LogP contribution is -2.22. The zero-order chi connectivity index (χ0) is 12.6. The average molecular weight is 258 g/mol. The second kappa shape index (κ2) is 3.81. The molecule has 0 atom stereocenters. The molecule has 1 N–H and O–H groups in total. The number of carboxylic acid groups (broad SMARTS) is 1. The number of carboxylic acids is 1. The molecular weight excluding hydrogens is 253 g/mol. The standard InChI is InChI=1S/C7H5F3O5S/c8-7(9,10)3-16(13,14)5-2-1-4(15-5)6(11)12/h1-2H,3H2,(H,11,12). The lowest BCUT2D eigenvalue weighted by molar-refractivity contribution is -0.106. The molecule has 9 heteroatoms. The van der Waals surface area contributed by atoms with E-state index in [1.54, 1.807) is 0 Å². The highest BCUT2D eigenvalue weighted by atomic mass is 32.2. The third-order valence-electron chi connectivity index (χ3n) is 1.45. The molecule has 0 aliphatic heterocycles. The summed E-state index contributed by atoms with van der Waals surface area (Å²) in [4.78, 5) is 10.3. The van der Waals surface area contributed by atoms with Gasteiger partial charge in [0.25, 0.3) is 0 Å². The molecule has 0 aromatic carbocycles. The van der Waals surface area contributed by atoms with E-state index in [0.29, 0.717) is 6.07 Å². The van der Waals surface area contributed by atoms with Crippen LogP contribution in [0.25, 0.3) is 0 Å². The molecule has 0 saturated carbocycles. The number of aromatic carboxylic acids is 1. The first-order valence-corrected chi connectivity index (χ1v) is 5.40. The van der Waals surface area contributed by atoms with E-state index < -0.39 is 38.6 Å². The van der Waals surface area contributed by atoms with Crippen molar-refractivity contribution in [3.63, 3.8) is 0 Å². The number of hydrogen-bond donors (Lipinski definition) is 1. The Kier molecular flexibility index (Phi) is 2.99. The van der Waals surface area contributed by atoms with Gasteiger partial charge in [-0.25, -0.2) is 13.2 Å². The minimum atomic E-state index is -4.91. The Morgan fingerprint density at radius 2 is 1.94 bits per heavy atom. The molecular formula is C7H5F3O5S. The monoisotopic (exact) mass is 258 g/mol. The number of hydrogen-bond acceptors (Lipinski definition) is 4. The normalized spacial score (nSPS) is 12.7. The van der Waals surface area contributed by atoms with Gasteiger partial charge in [0.2, 0.25) is 20.7 Å². The lowest BCUT2D eigenvalue weighted by atomic mass is 10.5. The van der Waals surface area contributed by atoms with Crippen molar-refractivity contribution in [2.45, 2.75) is 11.3 Å². The second-order valence-electron chi connectivity index (χ2n) is 2.80. The van der Waals surface area contributed by atoms with Gasteiger partial charge in [-0.05, 0) is 12.1 Å². The molecule has 0 spiro atoms. The van der Waals surface area contributed by atoms with E-state index >= 15 is 0 Å². The predicted molar refractivity (Wildman–Crippen MR) is 43.8 cm³/mol. The van der Waals surface area contributed by atoms with Crippen LogP contribution in [0.3, 0.4) is 0 Å². The summed E-state index contributed by atoms with van der Waals surface area (Å²) >= 11 is 0. The average Bonchev–Trinajstić information content (AvgIpc) is 2.46. The summed E-state index contributed by atoms with van der Waals surface area (Å²) in [6.07, 6.45) is -4.91. The van der Waals surface area contributed by atoms with Crippen molar-refractivity contribution in [2.75, 3.05) is 5.75 Å². The van der Waals surface area contributed by atoms with Crippen molar-refractivity contribution in [1.29, 1.82) is 0 Å². The lowest BCUT2D eigenvalue weighted by Gasteiger charge is -2.04. The fraction of sp³-hybridized carbons (Fsp3) is 0.286. The minimum absolute atomic E-state index is 0.671. The van der Waals surface area contributed by atoms with E-state index in [9.17, 15) is 26.4 Å². The Hall–Kier alpha value is -1.51. The molecule has 90 valence electrons. The van der Waals surface area contributed by atoms with Crippen LogP contribution in [0.1, 0.15) is 10.6 Å². The third-order valence-corrected chi connectivity index (χ3v) is 2.99. The molecule has 0 aliphatic carbocycles. The Bertz CT molecular complexity index is 498. The SMILES string of the molecule is O=C(O)c1ccc(S(=O)(=O)CC(F)(F)F)o1. The predicted octanol–water partition coefficient (Wildman–Crippen LogP) is 1.31. The number of sulfone groups is 1. The summed E-state index contributed by atoms with van der Waals surface area (Å²) < 4.78 is 62.0. The molecule has 0 aliphatic rings.